The molecule has 8 nitrogen and oxygen atoms in total. The lowest BCUT2D eigenvalue weighted by atomic mass is 10.1. The van der Waals surface area contributed by atoms with E-state index < -0.39 is 17.9 Å². The second-order valence-corrected chi connectivity index (χ2v) is 6.02. The van der Waals surface area contributed by atoms with Gasteiger partial charge in [0.15, 0.2) is 18.1 Å². The number of imide groups is 1. The monoisotopic (exact) mass is 426 g/mol. The Kier molecular flexibility index (Phi) is 6.62. The first-order chi connectivity index (χ1) is 12.4. The van der Waals surface area contributed by atoms with Gasteiger partial charge in [0, 0.05) is 6.54 Å². The minimum atomic E-state index is -0.524. The van der Waals surface area contributed by atoms with Crippen molar-refractivity contribution in [3.05, 3.63) is 27.9 Å². The van der Waals surface area contributed by atoms with Crippen molar-refractivity contribution in [1.82, 2.24) is 10.2 Å². The van der Waals surface area contributed by atoms with Crippen LogP contribution in [0.2, 0.25) is 0 Å². The number of benzene rings is 1. The maximum absolute atomic E-state index is 12.2. The number of halogens is 1. The van der Waals surface area contributed by atoms with Crippen LogP contribution in [0.1, 0.15) is 19.4 Å². The van der Waals surface area contributed by atoms with Crippen LogP contribution in [0.15, 0.2) is 22.3 Å². The summed E-state index contributed by atoms with van der Waals surface area (Å²) in [5.74, 6) is -0.180. The van der Waals surface area contributed by atoms with Gasteiger partial charge in [-0.3, -0.25) is 9.69 Å². The Hall–Kier alpha value is -2.55. The summed E-state index contributed by atoms with van der Waals surface area (Å²) in [6.45, 7) is 3.92. The normalized spacial score (nSPS) is 15.2. The van der Waals surface area contributed by atoms with E-state index in [9.17, 15) is 14.4 Å². The second-order valence-electron chi connectivity index (χ2n) is 5.17. The van der Waals surface area contributed by atoms with Crippen molar-refractivity contribution in [2.24, 2.45) is 0 Å². The molecule has 0 radical (unpaired) electrons. The van der Waals surface area contributed by atoms with E-state index in [-0.39, 0.29) is 18.8 Å². The van der Waals surface area contributed by atoms with Gasteiger partial charge in [-0.2, -0.15) is 0 Å². The molecule has 9 heteroatoms. The number of amides is 3. The van der Waals surface area contributed by atoms with Crippen molar-refractivity contribution in [2.45, 2.75) is 13.8 Å². The minimum absolute atomic E-state index is 0.175. The molecular formula is C17H19BrN2O6. The van der Waals surface area contributed by atoms with Crippen molar-refractivity contribution in [2.75, 3.05) is 26.9 Å². The van der Waals surface area contributed by atoms with Crippen LogP contribution in [0.5, 0.6) is 11.5 Å². The van der Waals surface area contributed by atoms with Gasteiger partial charge in [0.1, 0.15) is 5.70 Å². The first-order valence-corrected chi connectivity index (χ1v) is 8.71. The van der Waals surface area contributed by atoms with E-state index in [0.717, 1.165) is 4.90 Å². The number of carbonyl (C=O) groups is 3. The SMILES string of the molecule is CCOc1cc(/C=C2/NC(=O)N(CC)C2=O)cc(Br)c1OCC(=O)OC. The first-order valence-electron chi connectivity index (χ1n) is 7.91. The van der Waals surface area contributed by atoms with E-state index in [0.29, 0.717) is 28.1 Å². The van der Waals surface area contributed by atoms with Gasteiger partial charge >= 0.3 is 12.0 Å². The highest BCUT2D eigenvalue weighted by molar-refractivity contribution is 9.10. The van der Waals surface area contributed by atoms with Crippen molar-refractivity contribution >= 4 is 39.9 Å². The Labute approximate surface area is 159 Å². The zero-order chi connectivity index (χ0) is 19.3. The van der Waals surface area contributed by atoms with E-state index in [4.69, 9.17) is 9.47 Å². The molecule has 1 aromatic carbocycles. The van der Waals surface area contributed by atoms with Crippen LogP contribution in [-0.4, -0.2) is 49.7 Å². The molecule has 26 heavy (non-hydrogen) atoms. The van der Waals surface area contributed by atoms with Crippen LogP contribution in [0.3, 0.4) is 0 Å². The summed E-state index contributed by atoms with van der Waals surface area (Å²) in [7, 11) is 1.27. The number of urea groups is 1. The van der Waals surface area contributed by atoms with E-state index in [1.807, 2.05) is 6.92 Å². The summed E-state index contributed by atoms with van der Waals surface area (Å²) >= 11 is 3.37. The Morgan fingerprint density at radius 3 is 2.58 bits per heavy atom. The molecule has 0 bridgehead atoms. The van der Waals surface area contributed by atoms with Gasteiger partial charge < -0.3 is 19.5 Å². The minimum Gasteiger partial charge on any atom is -0.490 e. The Morgan fingerprint density at radius 1 is 1.27 bits per heavy atom. The Balaban J connectivity index is 2.33. The lowest BCUT2D eigenvalue weighted by molar-refractivity contribution is -0.143. The van der Waals surface area contributed by atoms with Gasteiger partial charge in [-0.25, -0.2) is 9.59 Å². The molecule has 1 aliphatic rings. The average molecular weight is 427 g/mol. The van der Waals surface area contributed by atoms with Crippen molar-refractivity contribution in [1.29, 1.82) is 0 Å². The molecule has 0 unspecified atom stereocenters. The third kappa shape index (κ3) is 4.34. The van der Waals surface area contributed by atoms with Crippen LogP contribution >= 0.6 is 15.9 Å². The Morgan fingerprint density at radius 2 is 2.00 bits per heavy atom. The van der Waals surface area contributed by atoms with Crippen molar-refractivity contribution in [3.63, 3.8) is 0 Å². The van der Waals surface area contributed by atoms with Crippen molar-refractivity contribution in [3.8, 4) is 11.5 Å². The van der Waals surface area contributed by atoms with Gasteiger partial charge in [0.25, 0.3) is 5.91 Å². The lowest BCUT2D eigenvalue weighted by Gasteiger charge is -2.14. The highest BCUT2D eigenvalue weighted by Gasteiger charge is 2.32. The quantitative estimate of drug-likeness (QED) is 0.408. The van der Waals surface area contributed by atoms with Crippen molar-refractivity contribution < 1.29 is 28.6 Å². The molecular weight excluding hydrogens is 408 g/mol. The molecule has 1 N–H and O–H groups in total. The van der Waals surface area contributed by atoms with E-state index in [1.54, 1.807) is 25.1 Å². The van der Waals surface area contributed by atoms with E-state index in [2.05, 4.69) is 26.0 Å². The number of methoxy groups -OCH3 is 1. The molecule has 1 aromatic rings. The molecule has 1 saturated heterocycles. The summed E-state index contributed by atoms with van der Waals surface area (Å²) in [6, 6.07) is 2.89. The Bertz CT molecular complexity index is 762. The molecule has 0 aromatic heterocycles. The number of nitrogens with one attached hydrogen (secondary N) is 1. The number of esters is 1. The highest BCUT2D eigenvalue weighted by Crippen LogP contribution is 2.37. The lowest BCUT2D eigenvalue weighted by Crippen LogP contribution is -2.30. The molecule has 3 amide bonds. The average Bonchev–Trinajstić information content (AvgIpc) is 2.87. The topological polar surface area (TPSA) is 94.2 Å². The summed E-state index contributed by atoms with van der Waals surface area (Å²) in [6.07, 6.45) is 1.55. The fraction of sp³-hybridized carbons (Fsp3) is 0.353. The van der Waals surface area contributed by atoms with E-state index >= 15 is 0 Å². The molecule has 0 saturated carbocycles. The molecule has 0 atom stereocenters. The van der Waals surface area contributed by atoms with Gasteiger partial charge in [-0.05, 0) is 53.5 Å². The maximum atomic E-state index is 12.2. The molecule has 1 heterocycles. The molecule has 140 valence electrons. The third-order valence-electron chi connectivity index (χ3n) is 3.48. The number of hydrogen-bond donors (Lipinski definition) is 1. The standard InChI is InChI=1S/C17H19BrN2O6/c1-4-20-16(22)12(19-17(20)23)7-10-6-11(18)15(13(8-10)25-5-2)26-9-14(21)24-3/h6-8H,4-5,9H2,1-3H3,(H,19,23)/b12-7+. The number of carbonyl (C=O) groups excluding carboxylic acids is 3. The maximum Gasteiger partial charge on any atom is 0.343 e. The summed E-state index contributed by atoms with van der Waals surface area (Å²) in [4.78, 5) is 36.3. The number of ether oxygens (including phenoxy) is 3. The van der Waals surface area contributed by atoms with Crippen LogP contribution in [-0.2, 0) is 14.3 Å². The van der Waals surface area contributed by atoms with Crippen LogP contribution in [0.25, 0.3) is 6.08 Å². The second kappa shape index (κ2) is 8.70. The zero-order valence-corrected chi connectivity index (χ0v) is 16.2. The van der Waals surface area contributed by atoms with Crippen LogP contribution in [0.4, 0.5) is 4.79 Å². The largest absolute Gasteiger partial charge is 0.490 e. The zero-order valence-electron chi connectivity index (χ0n) is 14.6. The third-order valence-corrected chi connectivity index (χ3v) is 4.07. The van der Waals surface area contributed by atoms with Gasteiger partial charge in [0.05, 0.1) is 18.2 Å². The van der Waals surface area contributed by atoms with Crippen LogP contribution < -0.4 is 14.8 Å². The van der Waals surface area contributed by atoms with Gasteiger partial charge in [-0.1, -0.05) is 0 Å². The predicted octanol–water partition coefficient (Wildman–Crippen LogP) is 2.31. The number of likely N-dealkylation sites (N-methyl/N-ethyl adjacent to an activating group) is 1. The summed E-state index contributed by atoms with van der Waals surface area (Å²) in [5, 5.41) is 2.54. The predicted molar refractivity (Wildman–Crippen MR) is 96.7 cm³/mol. The smallest absolute Gasteiger partial charge is 0.343 e. The summed E-state index contributed by atoms with van der Waals surface area (Å²) < 4.78 is 16.1. The molecule has 1 aliphatic heterocycles. The highest BCUT2D eigenvalue weighted by atomic mass is 79.9. The number of rotatable bonds is 7. The molecule has 1 fully saturated rings. The number of nitrogens with zero attached hydrogens (tertiary/aromatic N) is 1. The van der Waals surface area contributed by atoms with Gasteiger partial charge in [0.2, 0.25) is 0 Å². The fourth-order valence-electron chi connectivity index (χ4n) is 2.29. The first kappa shape index (κ1) is 19.8. The molecule has 0 aliphatic carbocycles. The molecule has 2 rings (SSSR count). The fourth-order valence-corrected chi connectivity index (χ4v) is 2.86. The van der Waals surface area contributed by atoms with Crippen LogP contribution in [0, 0.1) is 0 Å². The number of hydrogen-bond acceptors (Lipinski definition) is 6. The summed E-state index contributed by atoms with van der Waals surface area (Å²) in [5.41, 5.74) is 0.793. The van der Waals surface area contributed by atoms with Gasteiger partial charge in [-0.15, -0.1) is 0 Å². The van der Waals surface area contributed by atoms with E-state index in [1.165, 1.54) is 7.11 Å². The molecule has 0 spiro atoms.